The topological polar surface area (TPSA) is 176 Å². The summed E-state index contributed by atoms with van der Waals surface area (Å²) in [5, 5.41) is 45.5. The van der Waals surface area contributed by atoms with E-state index in [0.29, 0.717) is 0 Å². The van der Waals surface area contributed by atoms with Gasteiger partial charge in [-0.05, 0) is 12.8 Å². The lowest BCUT2D eigenvalue weighted by atomic mass is 9.92. The molecule has 12 nitrogen and oxygen atoms in total. The Morgan fingerprint density at radius 2 is 1.62 bits per heavy atom. The lowest BCUT2D eigenvalue weighted by Crippen LogP contribution is -2.59. The van der Waals surface area contributed by atoms with Crippen LogP contribution < -0.4 is 10.6 Å². The third-order valence-electron chi connectivity index (χ3n) is 6.29. The molecule has 4 fully saturated rings. The molecule has 6 N–H and O–H groups in total. The van der Waals surface area contributed by atoms with Gasteiger partial charge in [0.1, 0.15) is 24.4 Å². The Bertz CT molecular complexity index is 685. The second kappa shape index (κ2) is 9.91. The monoisotopic (exact) mass is 498 g/mol. The van der Waals surface area contributed by atoms with E-state index < -0.39 is 68.4 Å². The summed E-state index contributed by atoms with van der Waals surface area (Å²) in [5.74, 6) is -2.35. The van der Waals surface area contributed by atoms with Gasteiger partial charge < -0.3 is 38.9 Å². The summed E-state index contributed by atoms with van der Waals surface area (Å²) >= 11 is 6.24. The van der Waals surface area contributed by atoms with E-state index >= 15 is 0 Å². The van der Waals surface area contributed by atoms with Crippen LogP contribution in [-0.4, -0.2) is 99.1 Å². The van der Waals surface area contributed by atoms with Gasteiger partial charge in [0.05, 0.1) is 13.2 Å². The Labute approximate surface area is 190 Å². The van der Waals surface area contributed by atoms with Crippen LogP contribution in [0.1, 0.15) is 32.1 Å². The summed E-state index contributed by atoms with van der Waals surface area (Å²) in [6, 6.07) is 0.478. The van der Waals surface area contributed by atoms with Crippen LogP contribution in [0.5, 0.6) is 0 Å². The van der Waals surface area contributed by atoms with Gasteiger partial charge in [0, 0.05) is 18.5 Å². The largest absolute Gasteiger partial charge is 0.403 e. The quantitative estimate of drug-likeness (QED) is 0.140. The first kappa shape index (κ1) is 24.5. The molecular weight excluding hydrogens is 471 g/mol. The molecule has 0 radical (unpaired) electrons. The van der Waals surface area contributed by atoms with Gasteiger partial charge in [-0.1, -0.05) is 24.4 Å². The predicted octanol–water partition coefficient (Wildman–Crippen LogP) is -1.63. The van der Waals surface area contributed by atoms with Crippen molar-refractivity contribution < 1.29 is 48.5 Å². The molecule has 3 aliphatic heterocycles. The van der Waals surface area contributed by atoms with Crippen LogP contribution in [-0.2, 0) is 28.1 Å². The maximum Gasteiger partial charge on any atom is 0.344 e. The average molecular weight is 499 g/mol. The van der Waals surface area contributed by atoms with Gasteiger partial charge in [0.25, 0.3) is 0 Å². The van der Waals surface area contributed by atoms with Crippen LogP contribution >= 0.6 is 20.0 Å². The Morgan fingerprint density at radius 1 is 1.03 bits per heavy atom. The maximum atomic E-state index is 12.6. The normalized spacial score (nSPS) is 45.3. The van der Waals surface area contributed by atoms with Crippen molar-refractivity contribution in [2.24, 2.45) is 0 Å². The standard InChI is InChI=1S/C18H28ClN2O10P/c19-18(5-6-28-14-13(25)12(24)11(23)10(7-22)29-14)15(26)30-32(31-16(18)27)17-20-8-3-1-2-4-9(8)21-17/h8-14,17,20-25H,1-7H2/t8-,9-,10-,11-,12+,13+,14?,18?,32?/m1/s1. The fourth-order valence-corrected chi connectivity index (χ4v) is 6.12. The second-order valence-electron chi connectivity index (χ2n) is 8.40. The Morgan fingerprint density at radius 3 is 2.19 bits per heavy atom. The summed E-state index contributed by atoms with van der Waals surface area (Å²) in [6.07, 6.45) is -3.44. The third-order valence-corrected chi connectivity index (χ3v) is 8.20. The highest BCUT2D eigenvalue weighted by Crippen LogP contribution is 2.51. The molecule has 3 heterocycles. The first-order chi connectivity index (χ1) is 15.2. The minimum absolute atomic E-state index is 0.239. The van der Waals surface area contributed by atoms with Gasteiger partial charge in [-0.2, -0.15) is 0 Å². The smallest absolute Gasteiger partial charge is 0.344 e. The molecule has 0 amide bonds. The number of ether oxygens (including phenoxy) is 2. The number of nitrogens with one attached hydrogen (secondary N) is 2. The van der Waals surface area contributed by atoms with E-state index in [1.54, 1.807) is 0 Å². The van der Waals surface area contributed by atoms with Crippen molar-refractivity contribution in [3.05, 3.63) is 0 Å². The number of carbonyl (C=O) groups excluding carboxylic acids is 2. The summed E-state index contributed by atoms with van der Waals surface area (Å²) < 4.78 is 21.3. The molecule has 4 rings (SSSR count). The minimum atomic E-state index is -2.13. The molecular formula is C18H28ClN2O10P. The highest BCUT2D eigenvalue weighted by Gasteiger charge is 2.56. The summed E-state index contributed by atoms with van der Waals surface area (Å²) in [4.78, 5) is 23.1. The minimum Gasteiger partial charge on any atom is -0.403 e. The fourth-order valence-electron chi connectivity index (χ4n) is 4.35. The van der Waals surface area contributed by atoms with Gasteiger partial charge in [0.2, 0.25) is 4.87 Å². The molecule has 7 atom stereocenters. The summed E-state index contributed by atoms with van der Waals surface area (Å²) in [5.41, 5.74) is 0. The van der Waals surface area contributed by atoms with Gasteiger partial charge >= 0.3 is 20.3 Å². The van der Waals surface area contributed by atoms with Crippen molar-refractivity contribution in [2.75, 3.05) is 13.2 Å². The zero-order valence-electron chi connectivity index (χ0n) is 17.1. The molecule has 0 aromatic rings. The van der Waals surface area contributed by atoms with Crippen molar-refractivity contribution in [1.29, 1.82) is 0 Å². The highest BCUT2D eigenvalue weighted by atomic mass is 35.5. The van der Waals surface area contributed by atoms with Crippen LogP contribution in [0, 0.1) is 0 Å². The fraction of sp³-hybridized carbons (Fsp3) is 0.889. The zero-order valence-corrected chi connectivity index (χ0v) is 18.8. The van der Waals surface area contributed by atoms with Crippen LogP contribution in [0.4, 0.5) is 0 Å². The molecule has 3 saturated heterocycles. The number of rotatable bonds is 6. The molecule has 14 heteroatoms. The molecule has 0 bridgehead atoms. The Hall–Kier alpha value is -0.660. The number of hydrogen-bond acceptors (Lipinski definition) is 12. The second-order valence-corrected chi connectivity index (χ2v) is 10.5. The van der Waals surface area contributed by atoms with Crippen LogP contribution in [0.25, 0.3) is 0 Å². The van der Waals surface area contributed by atoms with Gasteiger partial charge in [-0.15, -0.1) is 0 Å². The van der Waals surface area contributed by atoms with Gasteiger partial charge in [-0.25, -0.2) is 9.59 Å². The first-order valence-corrected chi connectivity index (χ1v) is 12.2. The number of carbonyl (C=O) groups is 2. The SMILES string of the molecule is O=C1OP(C2N[C@@H]3CCCC[C@H]3N2)OC(=O)C1(Cl)CCOC1O[C@H](CO)[C@@H](O)[C@H](O)[C@@H]1O. The van der Waals surface area contributed by atoms with Gasteiger partial charge in [-0.3, -0.25) is 10.6 Å². The molecule has 182 valence electrons. The lowest BCUT2D eigenvalue weighted by molar-refractivity contribution is -0.301. The number of aliphatic hydroxyl groups is 4. The predicted molar refractivity (Wildman–Crippen MR) is 108 cm³/mol. The van der Waals surface area contributed by atoms with Crippen LogP contribution in [0.2, 0.25) is 0 Å². The summed E-state index contributed by atoms with van der Waals surface area (Å²) in [7, 11) is -1.90. The molecule has 1 unspecified atom stereocenters. The van der Waals surface area contributed by atoms with E-state index in [-0.39, 0.29) is 25.1 Å². The Kier molecular flexibility index (Phi) is 7.58. The average Bonchev–Trinajstić information content (AvgIpc) is 3.22. The molecule has 1 saturated carbocycles. The van der Waals surface area contributed by atoms with Gasteiger partial charge in [0.15, 0.2) is 12.2 Å². The van der Waals surface area contributed by atoms with Crippen molar-refractivity contribution in [2.45, 2.75) is 85.7 Å². The van der Waals surface area contributed by atoms with E-state index in [4.69, 9.17) is 30.1 Å². The highest BCUT2D eigenvalue weighted by molar-refractivity contribution is 7.49. The number of halogens is 1. The molecule has 4 aliphatic rings. The van der Waals surface area contributed by atoms with E-state index in [0.717, 1.165) is 25.7 Å². The summed E-state index contributed by atoms with van der Waals surface area (Å²) in [6.45, 7) is -0.949. The van der Waals surface area contributed by atoms with Crippen molar-refractivity contribution in [3.63, 3.8) is 0 Å². The molecule has 0 aromatic heterocycles. The number of fused-ring (bicyclic) bond motifs is 1. The van der Waals surface area contributed by atoms with Crippen LogP contribution in [0.15, 0.2) is 0 Å². The van der Waals surface area contributed by atoms with Crippen molar-refractivity contribution in [1.82, 2.24) is 10.6 Å². The van der Waals surface area contributed by atoms with Crippen LogP contribution in [0.3, 0.4) is 0 Å². The molecule has 0 aromatic carbocycles. The number of alkyl halides is 1. The van der Waals surface area contributed by atoms with Crippen molar-refractivity contribution in [3.8, 4) is 0 Å². The molecule has 1 aliphatic carbocycles. The lowest BCUT2D eigenvalue weighted by Gasteiger charge is -2.40. The van der Waals surface area contributed by atoms with E-state index in [2.05, 4.69) is 10.6 Å². The first-order valence-electron chi connectivity index (χ1n) is 10.6. The van der Waals surface area contributed by atoms with E-state index in [9.17, 15) is 30.0 Å². The maximum absolute atomic E-state index is 12.6. The van der Waals surface area contributed by atoms with E-state index in [1.165, 1.54) is 0 Å². The number of aliphatic hydroxyl groups excluding tert-OH is 4. The third kappa shape index (κ3) is 4.63. The van der Waals surface area contributed by atoms with E-state index in [1.807, 2.05) is 0 Å². The molecule has 32 heavy (non-hydrogen) atoms. The number of hydrogen-bond donors (Lipinski definition) is 6. The molecule has 0 spiro atoms. The zero-order chi connectivity index (χ0) is 23.0. The van der Waals surface area contributed by atoms with Crippen molar-refractivity contribution >= 4 is 31.9 Å². The Balaban J connectivity index is 1.31.